The van der Waals surface area contributed by atoms with Crippen LogP contribution in [0.4, 0.5) is 0 Å². The van der Waals surface area contributed by atoms with Gasteiger partial charge in [0, 0.05) is 6.04 Å². The number of nitrogens with one attached hydrogen (secondary N) is 1. The van der Waals surface area contributed by atoms with Crippen LogP contribution in [0.5, 0.6) is 5.75 Å². The normalized spacial score (nSPS) is 12.5. The van der Waals surface area contributed by atoms with Gasteiger partial charge in [-0.25, -0.2) is 0 Å². The Bertz CT molecular complexity index is 399. The van der Waals surface area contributed by atoms with Gasteiger partial charge in [0.05, 0.1) is 5.56 Å². The van der Waals surface area contributed by atoms with Gasteiger partial charge in [-0.15, -0.1) is 0 Å². The van der Waals surface area contributed by atoms with Crippen molar-refractivity contribution in [2.24, 2.45) is 5.92 Å². The Hall–Kier alpha value is -1.51. The predicted octanol–water partition coefficient (Wildman–Crippen LogP) is 2.87. The van der Waals surface area contributed by atoms with E-state index in [1.54, 1.807) is 12.1 Å². The number of phenolic OH excluding ortho intramolecular Hbond substituents is 1. The molecule has 0 aromatic heterocycles. The van der Waals surface area contributed by atoms with Crippen LogP contribution in [0.25, 0.3) is 0 Å². The molecule has 2 N–H and O–H groups in total. The summed E-state index contributed by atoms with van der Waals surface area (Å²) >= 11 is 0. The summed E-state index contributed by atoms with van der Waals surface area (Å²) in [5.74, 6) is 0.367. The molecular weight excluding hydrogens is 214 g/mol. The van der Waals surface area contributed by atoms with Gasteiger partial charge in [0.25, 0.3) is 5.91 Å². The van der Waals surface area contributed by atoms with Crippen LogP contribution in [0, 0.1) is 12.8 Å². The molecule has 0 spiro atoms. The van der Waals surface area contributed by atoms with E-state index in [2.05, 4.69) is 19.2 Å². The van der Waals surface area contributed by atoms with Gasteiger partial charge in [0.1, 0.15) is 5.75 Å². The van der Waals surface area contributed by atoms with E-state index in [0.29, 0.717) is 11.5 Å². The number of aromatic hydroxyl groups is 1. The lowest BCUT2D eigenvalue weighted by molar-refractivity contribution is 0.0933. The van der Waals surface area contributed by atoms with Gasteiger partial charge in [-0.05, 0) is 43.9 Å². The van der Waals surface area contributed by atoms with Crippen molar-refractivity contribution < 1.29 is 9.90 Å². The molecule has 0 aliphatic heterocycles. The van der Waals surface area contributed by atoms with Gasteiger partial charge in [-0.3, -0.25) is 4.79 Å². The fraction of sp³-hybridized carbons (Fsp3) is 0.500. The van der Waals surface area contributed by atoms with Crippen molar-refractivity contribution in [3.63, 3.8) is 0 Å². The first-order chi connectivity index (χ1) is 7.90. The van der Waals surface area contributed by atoms with Gasteiger partial charge in [-0.1, -0.05) is 19.9 Å². The Balaban J connectivity index is 2.70. The van der Waals surface area contributed by atoms with Crippen LogP contribution in [0.1, 0.15) is 43.1 Å². The minimum Gasteiger partial charge on any atom is -0.507 e. The predicted molar refractivity (Wildman–Crippen MR) is 69.2 cm³/mol. The van der Waals surface area contributed by atoms with Gasteiger partial charge in [0.2, 0.25) is 0 Å². The second kappa shape index (κ2) is 5.71. The molecule has 0 saturated heterocycles. The van der Waals surface area contributed by atoms with Crippen LogP contribution >= 0.6 is 0 Å². The Morgan fingerprint density at radius 3 is 2.53 bits per heavy atom. The third-order valence-corrected chi connectivity index (χ3v) is 2.60. The molecule has 3 nitrogen and oxygen atoms in total. The number of carbonyl (C=O) groups excluding carboxylic acids is 1. The molecule has 0 bridgehead atoms. The minimum atomic E-state index is -0.212. The average Bonchev–Trinajstić information content (AvgIpc) is 2.15. The lowest BCUT2D eigenvalue weighted by Gasteiger charge is -2.16. The van der Waals surface area contributed by atoms with Gasteiger partial charge in [0.15, 0.2) is 0 Å². The Kier molecular flexibility index (Phi) is 4.55. The topological polar surface area (TPSA) is 49.3 Å². The number of benzene rings is 1. The summed E-state index contributed by atoms with van der Waals surface area (Å²) in [6, 6.07) is 5.19. The monoisotopic (exact) mass is 235 g/mol. The van der Waals surface area contributed by atoms with Crippen LogP contribution in [0.3, 0.4) is 0 Å². The van der Waals surface area contributed by atoms with Crippen molar-refractivity contribution in [2.75, 3.05) is 0 Å². The highest BCUT2D eigenvalue weighted by Gasteiger charge is 2.14. The quantitative estimate of drug-likeness (QED) is 0.843. The van der Waals surface area contributed by atoms with Crippen molar-refractivity contribution >= 4 is 5.91 Å². The fourth-order valence-corrected chi connectivity index (χ4v) is 1.90. The molecule has 1 aromatic carbocycles. The Morgan fingerprint density at radius 1 is 1.35 bits per heavy atom. The first-order valence-electron chi connectivity index (χ1n) is 6.00. The summed E-state index contributed by atoms with van der Waals surface area (Å²) in [6.45, 7) is 8.09. The smallest absolute Gasteiger partial charge is 0.255 e. The van der Waals surface area contributed by atoms with Crippen molar-refractivity contribution in [3.8, 4) is 5.75 Å². The highest BCUT2D eigenvalue weighted by molar-refractivity contribution is 5.97. The minimum absolute atomic E-state index is 0.0410. The molecule has 1 atom stereocenters. The standard InChI is InChI=1S/C14H21NO2/c1-9(2)7-11(4)15-14(17)12-6-5-10(3)8-13(12)16/h5-6,8-9,11,16H,7H2,1-4H3,(H,15,17). The molecule has 0 radical (unpaired) electrons. The zero-order valence-corrected chi connectivity index (χ0v) is 10.9. The SMILES string of the molecule is Cc1ccc(C(=O)NC(C)CC(C)C)c(O)c1. The average molecular weight is 235 g/mol. The maximum atomic E-state index is 11.9. The number of phenols is 1. The van der Waals surface area contributed by atoms with E-state index >= 15 is 0 Å². The van der Waals surface area contributed by atoms with Crippen LogP contribution in [-0.4, -0.2) is 17.1 Å². The lowest BCUT2D eigenvalue weighted by atomic mass is 10.0. The number of aryl methyl sites for hydroxylation is 1. The second-order valence-corrected chi connectivity index (χ2v) is 5.02. The molecule has 94 valence electrons. The molecule has 1 rings (SSSR count). The van der Waals surface area contributed by atoms with E-state index in [4.69, 9.17) is 0 Å². The molecule has 3 heteroatoms. The fourth-order valence-electron chi connectivity index (χ4n) is 1.90. The van der Waals surface area contributed by atoms with Crippen LogP contribution in [0.15, 0.2) is 18.2 Å². The largest absolute Gasteiger partial charge is 0.507 e. The van der Waals surface area contributed by atoms with Gasteiger partial charge < -0.3 is 10.4 Å². The zero-order valence-electron chi connectivity index (χ0n) is 10.9. The molecule has 0 heterocycles. The summed E-state index contributed by atoms with van der Waals surface area (Å²) in [7, 11) is 0. The Labute approximate surface area is 103 Å². The van der Waals surface area contributed by atoms with E-state index in [-0.39, 0.29) is 17.7 Å². The third-order valence-electron chi connectivity index (χ3n) is 2.60. The maximum absolute atomic E-state index is 11.9. The van der Waals surface area contributed by atoms with Crippen LogP contribution in [-0.2, 0) is 0 Å². The molecule has 0 aliphatic carbocycles. The number of hydrogen-bond donors (Lipinski definition) is 2. The number of amides is 1. The third kappa shape index (κ3) is 4.10. The van der Waals surface area contributed by atoms with E-state index in [0.717, 1.165) is 12.0 Å². The highest BCUT2D eigenvalue weighted by atomic mass is 16.3. The molecule has 1 unspecified atom stereocenters. The molecule has 17 heavy (non-hydrogen) atoms. The van der Waals surface area contributed by atoms with Crippen LogP contribution < -0.4 is 5.32 Å². The molecule has 0 fully saturated rings. The molecular formula is C14H21NO2. The van der Waals surface area contributed by atoms with Gasteiger partial charge in [-0.2, -0.15) is 0 Å². The number of hydrogen-bond acceptors (Lipinski definition) is 2. The maximum Gasteiger partial charge on any atom is 0.255 e. The molecule has 1 amide bonds. The number of rotatable bonds is 4. The zero-order chi connectivity index (χ0) is 13.0. The summed E-state index contributed by atoms with van der Waals surface area (Å²) in [5, 5.41) is 12.6. The van der Waals surface area contributed by atoms with E-state index < -0.39 is 0 Å². The molecule has 1 aromatic rings. The number of carbonyl (C=O) groups is 1. The first kappa shape index (κ1) is 13.6. The van der Waals surface area contributed by atoms with Gasteiger partial charge >= 0.3 is 0 Å². The summed E-state index contributed by atoms with van der Waals surface area (Å²) < 4.78 is 0. The van der Waals surface area contributed by atoms with Crippen molar-refractivity contribution in [2.45, 2.75) is 40.2 Å². The van der Waals surface area contributed by atoms with E-state index in [9.17, 15) is 9.90 Å². The molecule has 0 saturated carbocycles. The lowest BCUT2D eigenvalue weighted by Crippen LogP contribution is -2.33. The molecule has 0 aliphatic rings. The second-order valence-electron chi connectivity index (χ2n) is 5.02. The van der Waals surface area contributed by atoms with E-state index in [1.807, 2.05) is 19.9 Å². The van der Waals surface area contributed by atoms with E-state index in [1.165, 1.54) is 0 Å². The highest BCUT2D eigenvalue weighted by Crippen LogP contribution is 2.18. The van der Waals surface area contributed by atoms with Crippen LogP contribution in [0.2, 0.25) is 0 Å². The van der Waals surface area contributed by atoms with Crippen molar-refractivity contribution in [3.05, 3.63) is 29.3 Å². The van der Waals surface area contributed by atoms with Crippen molar-refractivity contribution in [1.82, 2.24) is 5.32 Å². The summed E-state index contributed by atoms with van der Waals surface area (Å²) in [4.78, 5) is 11.9. The summed E-state index contributed by atoms with van der Waals surface area (Å²) in [6.07, 6.45) is 0.929. The first-order valence-corrected chi connectivity index (χ1v) is 6.00. The Morgan fingerprint density at radius 2 is 2.00 bits per heavy atom. The van der Waals surface area contributed by atoms with Crippen molar-refractivity contribution in [1.29, 1.82) is 0 Å². The summed E-state index contributed by atoms with van der Waals surface area (Å²) in [5.41, 5.74) is 1.28.